The number of hydrogen-bond donors (Lipinski definition) is 2. The number of amides is 2. The number of carbonyl (C=O) groups excluding carboxylic acids is 2. The summed E-state index contributed by atoms with van der Waals surface area (Å²) in [4.78, 5) is 24.0. The molecule has 2 aliphatic carbocycles. The summed E-state index contributed by atoms with van der Waals surface area (Å²) in [6, 6.07) is 0.355. The van der Waals surface area contributed by atoms with Crippen molar-refractivity contribution in [1.29, 1.82) is 0 Å². The molecule has 184 valence electrons. The van der Waals surface area contributed by atoms with Crippen molar-refractivity contribution in [1.82, 2.24) is 10.6 Å². The number of halogens is 2. The molecule has 32 heavy (non-hydrogen) atoms. The molecule has 3 aliphatic rings. The number of rotatable bonds is 5. The Morgan fingerprint density at radius 3 is 2.16 bits per heavy atom. The minimum absolute atomic E-state index is 0.0402. The molecule has 0 aromatic carbocycles. The zero-order chi connectivity index (χ0) is 22.9. The molecule has 7 nitrogen and oxygen atoms in total. The summed E-state index contributed by atoms with van der Waals surface area (Å²) in [5.74, 6) is 1.18. The first-order valence-corrected chi connectivity index (χ1v) is 14.3. The lowest BCUT2D eigenvalue weighted by molar-refractivity contribution is -0.124. The molecule has 7 unspecified atom stereocenters. The zero-order valence-corrected chi connectivity index (χ0v) is 22.2. The smallest absolute Gasteiger partial charge is 0.230 e. The highest BCUT2D eigenvalue weighted by molar-refractivity contribution is 9.09. The number of fused-ring (bicyclic) bond motifs is 2. The van der Waals surface area contributed by atoms with Gasteiger partial charge < -0.3 is 24.8 Å². The Balaban J connectivity index is 1.76. The maximum atomic E-state index is 12.1. The van der Waals surface area contributed by atoms with E-state index in [1.165, 1.54) is 0 Å². The van der Waals surface area contributed by atoms with Crippen LogP contribution in [0.1, 0.15) is 51.9 Å². The second kappa shape index (κ2) is 13.6. The van der Waals surface area contributed by atoms with E-state index in [9.17, 15) is 9.59 Å². The SMILES string of the molecule is CCC1CC(NC(=O)CBr)CC2CC3CC(NC(=O)CBr)CCC3OCCOCCOC12. The lowest BCUT2D eigenvalue weighted by Gasteiger charge is -2.45. The van der Waals surface area contributed by atoms with E-state index in [-0.39, 0.29) is 36.1 Å². The average molecular weight is 582 g/mol. The van der Waals surface area contributed by atoms with Crippen molar-refractivity contribution in [3.8, 4) is 0 Å². The minimum atomic E-state index is 0.0402. The van der Waals surface area contributed by atoms with Gasteiger partial charge in [-0.2, -0.15) is 0 Å². The third-order valence-electron chi connectivity index (χ3n) is 7.22. The molecule has 2 saturated carbocycles. The van der Waals surface area contributed by atoms with Crippen molar-refractivity contribution < 1.29 is 23.8 Å². The fourth-order valence-electron chi connectivity index (χ4n) is 5.86. The predicted molar refractivity (Wildman–Crippen MR) is 130 cm³/mol. The van der Waals surface area contributed by atoms with E-state index in [2.05, 4.69) is 49.4 Å². The van der Waals surface area contributed by atoms with Gasteiger partial charge in [-0.1, -0.05) is 45.2 Å². The molecule has 9 heteroatoms. The van der Waals surface area contributed by atoms with Crippen molar-refractivity contribution in [2.24, 2.45) is 17.8 Å². The Bertz CT molecular complexity index is 611. The predicted octanol–water partition coefficient (Wildman–Crippen LogP) is 3.17. The van der Waals surface area contributed by atoms with Gasteiger partial charge in [-0.15, -0.1) is 0 Å². The summed E-state index contributed by atoms with van der Waals surface area (Å²) >= 11 is 6.53. The molecular formula is C23H38Br2N2O5. The van der Waals surface area contributed by atoms with Crippen LogP contribution in [0.5, 0.6) is 0 Å². The fraction of sp³-hybridized carbons (Fsp3) is 0.913. The molecule has 3 rings (SSSR count). The third kappa shape index (κ3) is 7.65. The molecule has 1 aliphatic heterocycles. The van der Waals surface area contributed by atoms with Crippen molar-refractivity contribution in [3.05, 3.63) is 0 Å². The summed E-state index contributed by atoms with van der Waals surface area (Å²) in [5.41, 5.74) is 0. The molecular weight excluding hydrogens is 544 g/mol. The van der Waals surface area contributed by atoms with Crippen molar-refractivity contribution in [3.63, 3.8) is 0 Å². The van der Waals surface area contributed by atoms with E-state index in [0.29, 0.717) is 54.8 Å². The van der Waals surface area contributed by atoms with Gasteiger partial charge in [0, 0.05) is 12.1 Å². The normalized spacial score (nSPS) is 36.5. The summed E-state index contributed by atoms with van der Waals surface area (Å²) in [7, 11) is 0. The number of ether oxygens (including phenoxy) is 3. The van der Waals surface area contributed by atoms with Gasteiger partial charge in [0.15, 0.2) is 0 Å². The second-order valence-corrected chi connectivity index (χ2v) is 10.5. The van der Waals surface area contributed by atoms with E-state index >= 15 is 0 Å². The number of hydrogen-bond acceptors (Lipinski definition) is 5. The van der Waals surface area contributed by atoms with E-state index in [0.717, 1.165) is 44.9 Å². The molecule has 2 N–H and O–H groups in total. The quantitative estimate of drug-likeness (QED) is 0.487. The highest BCUT2D eigenvalue weighted by Crippen LogP contribution is 2.41. The van der Waals surface area contributed by atoms with Gasteiger partial charge in [-0.05, 0) is 56.3 Å². The Morgan fingerprint density at radius 2 is 1.47 bits per heavy atom. The van der Waals surface area contributed by atoms with E-state index in [1.54, 1.807) is 0 Å². The van der Waals surface area contributed by atoms with Crippen LogP contribution in [-0.2, 0) is 23.8 Å². The summed E-state index contributed by atoms with van der Waals surface area (Å²) in [5, 5.41) is 7.03. The molecule has 1 heterocycles. The molecule has 0 radical (unpaired) electrons. The van der Waals surface area contributed by atoms with E-state index in [4.69, 9.17) is 14.2 Å². The van der Waals surface area contributed by atoms with Gasteiger partial charge in [0.2, 0.25) is 11.8 Å². The molecule has 3 fully saturated rings. The topological polar surface area (TPSA) is 85.9 Å². The van der Waals surface area contributed by atoms with Gasteiger partial charge in [0.1, 0.15) is 0 Å². The highest BCUT2D eigenvalue weighted by Gasteiger charge is 2.42. The maximum absolute atomic E-state index is 12.1. The van der Waals surface area contributed by atoms with Gasteiger partial charge in [-0.3, -0.25) is 9.59 Å². The lowest BCUT2D eigenvalue weighted by atomic mass is 9.69. The van der Waals surface area contributed by atoms with Crippen LogP contribution in [0.3, 0.4) is 0 Å². The zero-order valence-electron chi connectivity index (χ0n) is 19.0. The van der Waals surface area contributed by atoms with E-state index in [1.807, 2.05) is 0 Å². The van der Waals surface area contributed by atoms with Gasteiger partial charge in [0.25, 0.3) is 0 Å². The van der Waals surface area contributed by atoms with Crippen molar-refractivity contribution >= 4 is 43.7 Å². The van der Waals surface area contributed by atoms with E-state index < -0.39 is 0 Å². The maximum Gasteiger partial charge on any atom is 0.230 e. The molecule has 0 bridgehead atoms. The second-order valence-electron chi connectivity index (χ2n) is 9.36. The summed E-state index contributed by atoms with van der Waals surface area (Å²) in [6.07, 6.45) is 7.03. The molecule has 0 aromatic heterocycles. The molecule has 0 spiro atoms. The molecule has 7 atom stereocenters. The van der Waals surface area contributed by atoms with Crippen molar-refractivity contribution in [2.45, 2.75) is 76.2 Å². The van der Waals surface area contributed by atoms with Crippen LogP contribution in [0.15, 0.2) is 0 Å². The van der Waals surface area contributed by atoms with Gasteiger partial charge in [-0.25, -0.2) is 0 Å². The number of nitrogens with one attached hydrogen (secondary N) is 2. The minimum Gasteiger partial charge on any atom is -0.377 e. The third-order valence-corrected chi connectivity index (χ3v) is 8.24. The summed E-state index contributed by atoms with van der Waals surface area (Å²) < 4.78 is 18.4. The van der Waals surface area contributed by atoms with Crippen LogP contribution < -0.4 is 10.6 Å². The van der Waals surface area contributed by atoms with Crippen LogP contribution in [0.2, 0.25) is 0 Å². The lowest BCUT2D eigenvalue weighted by Crippen LogP contribution is -2.50. The van der Waals surface area contributed by atoms with Crippen LogP contribution in [0, 0.1) is 17.8 Å². The Hall–Kier alpha value is -0.220. The van der Waals surface area contributed by atoms with Gasteiger partial charge >= 0.3 is 0 Å². The Morgan fingerprint density at radius 1 is 0.812 bits per heavy atom. The molecule has 0 aromatic rings. The first-order chi connectivity index (χ1) is 15.5. The Kier molecular flexibility index (Phi) is 11.2. The molecule has 1 saturated heterocycles. The fourth-order valence-corrected chi connectivity index (χ4v) is 6.18. The first kappa shape index (κ1) is 26.4. The number of alkyl halides is 2. The van der Waals surface area contributed by atoms with Crippen LogP contribution in [0.25, 0.3) is 0 Å². The largest absolute Gasteiger partial charge is 0.377 e. The average Bonchev–Trinajstić information content (AvgIpc) is 2.79. The van der Waals surface area contributed by atoms with Gasteiger partial charge in [0.05, 0.1) is 49.3 Å². The Labute approximate surface area is 208 Å². The highest BCUT2D eigenvalue weighted by atomic mass is 79.9. The molecule has 2 amide bonds. The van der Waals surface area contributed by atoms with Crippen LogP contribution in [-0.4, -0.2) is 73.2 Å². The van der Waals surface area contributed by atoms with Crippen LogP contribution >= 0.6 is 31.9 Å². The first-order valence-electron chi connectivity index (χ1n) is 12.1. The van der Waals surface area contributed by atoms with Crippen LogP contribution in [0.4, 0.5) is 0 Å². The monoisotopic (exact) mass is 580 g/mol. The van der Waals surface area contributed by atoms with Crippen molar-refractivity contribution in [2.75, 3.05) is 37.1 Å². The standard InChI is InChI=1S/C23H38Br2N2O5/c1-2-15-10-19(27-22(29)14-25)12-17-9-16-11-18(26-21(28)13-24)3-4-20(16)31-7-5-30-6-8-32-23(15)17/h15-20,23H,2-14H2,1H3,(H,26,28)(H,27,29). The summed E-state index contributed by atoms with van der Waals surface area (Å²) in [6.45, 7) is 4.57. The number of carbonyl (C=O) groups is 2.